The molecule has 1 amide bonds. The number of amides is 1. The molecule has 2 rings (SSSR count). The highest BCUT2D eigenvalue weighted by Crippen LogP contribution is 2.26. The molecule has 0 aliphatic rings. The largest absolute Gasteiger partial charge is 0.326 e. The summed E-state index contributed by atoms with van der Waals surface area (Å²) in [5.74, 6) is 0.464. The molecule has 0 fully saturated rings. The Balaban J connectivity index is 2.36. The third kappa shape index (κ3) is 3.44. The van der Waals surface area contributed by atoms with Gasteiger partial charge >= 0.3 is 0 Å². The molecule has 1 N–H and O–H groups in total. The summed E-state index contributed by atoms with van der Waals surface area (Å²) in [6.45, 7) is 5.89. The third-order valence-electron chi connectivity index (χ3n) is 3.07. The zero-order valence-corrected chi connectivity index (χ0v) is 11.6. The Morgan fingerprint density at radius 3 is 2.26 bits per heavy atom. The Hall–Kier alpha value is -2.09. The number of carbonyl (C=O) groups excluding carboxylic acids is 1. The molecule has 0 radical (unpaired) electrons. The van der Waals surface area contributed by atoms with Crippen LogP contribution in [0.3, 0.4) is 0 Å². The van der Waals surface area contributed by atoms with Crippen LogP contribution in [0.25, 0.3) is 11.1 Å². The van der Waals surface area contributed by atoms with Gasteiger partial charge in [-0.25, -0.2) is 0 Å². The first-order chi connectivity index (χ1) is 9.06. The maximum atomic E-state index is 11.1. The second-order valence-corrected chi connectivity index (χ2v) is 5.04. The van der Waals surface area contributed by atoms with Crippen LogP contribution >= 0.6 is 0 Å². The Bertz CT molecular complexity index is 587. The molecule has 0 spiro atoms. The van der Waals surface area contributed by atoms with Crippen LogP contribution in [0, 0.1) is 0 Å². The fourth-order valence-electron chi connectivity index (χ4n) is 2.06. The van der Waals surface area contributed by atoms with Crippen molar-refractivity contribution in [2.45, 2.75) is 26.7 Å². The lowest BCUT2D eigenvalue weighted by Crippen LogP contribution is -2.05. The summed E-state index contributed by atoms with van der Waals surface area (Å²) in [5, 5.41) is 2.81. The number of hydrogen-bond acceptors (Lipinski definition) is 1. The Kier molecular flexibility index (Phi) is 4.00. The first-order valence-electron chi connectivity index (χ1n) is 6.54. The molecule has 2 aromatic rings. The van der Waals surface area contributed by atoms with Crippen LogP contribution in [0.1, 0.15) is 32.3 Å². The van der Waals surface area contributed by atoms with E-state index in [1.54, 1.807) is 0 Å². The molecule has 0 unspecified atom stereocenters. The summed E-state index contributed by atoms with van der Waals surface area (Å²) in [4.78, 5) is 11.1. The van der Waals surface area contributed by atoms with Crippen molar-refractivity contribution in [3.05, 3.63) is 54.1 Å². The van der Waals surface area contributed by atoms with Crippen molar-refractivity contribution in [3.63, 3.8) is 0 Å². The highest BCUT2D eigenvalue weighted by Gasteiger charge is 2.03. The quantitative estimate of drug-likeness (QED) is 0.861. The maximum absolute atomic E-state index is 11.1. The summed E-state index contributed by atoms with van der Waals surface area (Å²) in [5.41, 5.74) is 4.45. The molecule has 2 aromatic carbocycles. The van der Waals surface area contributed by atoms with Crippen LogP contribution in [0.4, 0.5) is 5.69 Å². The molecule has 2 nitrogen and oxygen atoms in total. The van der Waals surface area contributed by atoms with E-state index in [9.17, 15) is 4.79 Å². The predicted octanol–water partition coefficient (Wildman–Crippen LogP) is 4.44. The van der Waals surface area contributed by atoms with E-state index in [0.717, 1.165) is 11.3 Å². The molecule has 19 heavy (non-hydrogen) atoms. The fraction of sp³-hybridized carbons (Fsp3) is 0.235. The summed E-state index contributed by atoms with van der Waals surface area (Å²) in [6.07, 6.45) is 0. The van der Waals surface area contributed by atoms with Crippen LogP contribution in [0.2, 0.25) is 0 Å². The van der Waals surface area contributed by atoms with E-state index < -0.39 is 0 Å². The minimum absolute atomic E-state index is 0.0481. The van der Waals surface area contributed by atoms with Gasteiger partial charge in [-0.15, -0.1) is 0 Å². The summed E-state index contributed by atoms with van der Waals surface area (Å²) >= 11 is 0. The van der Waals surface area contributed by atoms with E-state index in [-0.39, 0.29) is 5.91 Å². The second kappa shape index (κ2) is 5.70. The van der Waals surface area contributed by atoms with E-state index in [1.165, 1.54) is 18.1 Å². The number of anilines is 1. The van der Waals surface area contributed by atoms with Crippen molar-refractivity contribution in [2.24, 2.45) is 0 Å². The molecule has 0 aromatic heterocycles. The van der Waals surface area contributed by atoms with E-state index in [2.05, 4.69) is 49.5 Å². The number of carbonyl (C=O) groups is 1. The summed E-state index contributed by atoms with van der Waals surface area (Å²) in [7, 11) is 0. The van der Waals surface area contributed by atoms with Gasteiger partial charge in [0, 0.05) is 12.6 Å². The van der Waals surface area contributed by atoms with Crippen LogP contribution in [0.5, 0.6) is 0 Å². The number of rotatable bonds is 3. The second-order valence-electron chi connectivity index (χ2n) is 5.04. The molecule has 0 aliphatic carbocycles. The van der Waals surface area contributed by atoms with Crippen molar-refractivity contribution in [1.29, 1.82) is 0 Å². The van der Waals surface area contributed by atoms with E-state index in [0.29, 0.717) is 5.92 Å². The zero-order valence-electron chi connectivity index (χ0n) is 11.6. The molecule has 0 atom stereocenters. The average Bonchev–Trinajstić information content (AvgIpc) is 2.38. The standard InChI is InChI=1S/C17H19NO/c1-12(2)14-6-4-7-15(10-14)16-8-5-9-17(11-16)18-13(3)19/h4-12H,1-3H3,(H,18,19). The van der Waals surface area contributed by atoms with Crippen molar-refractivity contribution >= 4 is 11.6 Å². The van der Waals surface area contributed by atoms with Gasteiger partial charge in [-0.1, -0.05) is 50.2 Å². The normalized spacial score (nSPS) is 10.5. The minimum Gasteiger partial charge on any atom is -0.326 e. The summed E-state index contributed by atoms with van der Waals surface area (Å²) < 4.78 is 0. The monoisotopic (exact) mass is 253 g/mol. The average molecular weight is 253 g/mol. The highest BCUT2D eigenvalue weighted by molar-refractivity contribution is 5.89. The van der Waals surface area contributed by atoms with Crippen molar-refractivity contribution in [2.75, 3.05) is 5.32 Å². The van der Waals surface area contributed by atoms with Gasteiger partial charge in [0.1, 0.15) is 0 Å². The van der Waals surface area contributed by atoms with Crippen LogP contribution in [-0.2, 0) is 4.79 Å². The molecule has 0 bridgehead atoms. The lowest BCUT2D eigenvalue weighted by Gasteiger charge is -2.09. The Labute approximate surface area is 114 Å². The molecule has 0 saturated carbocycles. The van der Waals surface area contributed by atoms with E-state index in [4.69, 9.17) is 0 Å². The van der Waals surface area contributed by atoms with Crippen molar-refractivity contribution in [1.82, 2.24) is 0 Å². The number of nitrogens with one attached hydrogen (secondary N) is 1. The SMILES string of the molecule is CC(=O)Nc1cccc(-c2cccc(C(C)C)c2)c1. The molecule has 0 aliphatic heterocycles. The Morgan fingerprint density at radius 2 is 1.63 bits per heavy atom. The molecular weight excluding hydrogens is 234 g/mol. The lowest BCUT2D eigenvalue weighted by molar-refractivity contribution is -0.114. The maximum Gasteiger partial charge on any atom is 0.221 e. The number of hydrogen-bond donors (Lipinski definition) is 1. The molecular formula is C17H19NO. The van der Waals surface area contributed by atoms with Gasteiger partial charge in [0.25, 0.3) is 0 Å². The molecule has 0 saturated heterocycles. The zero-order chi connectivity index (χ0) is 13.8. The Morgan fingerprint density at radius 1 is 1.00 bits per heavy atom. The van der Waals surface area contributed by atoms with E-state index in [1.807, 2.05) is 18.2 Å². The van der Waals surface area contributed by atoms with Crippen molar-refractivity contribution in [3.8, 4) is 11.1 Å². The van der Waals surface area contributed by atoms with Crippen LogP contribution in [-0.4, -0.2) is 5.91 Å². The minimum atomic E-state index is -0.0481. The first-order valence-corrected chi connectivity index (χ1v) is 6.54. The predicted molar refractivity (Wildman–Crippen MR) is 80.3 cm³/mol. The van der Waals surface area contributed by atoms with Gasteiger partial charge in [-0.05, 0) is 34.7 Å². The third-order valence-corrected chi connectivity index (χ3v) is 3.07. The van der Waals surface area contributed by atoms with Gasteiger partial charge < -0.3 is 5.32 Å². The smallest absolute Gasteiger partial charge is 0.221 e. The molecule has 98 valence electrons. The fourth-order valence-corrected chi connectivity index (χ4v) is 2.06. The number of benzene rings is 2. The topological polar surface area (TPSA) is 29.1 Å². The molecule has 0 heterocycles. The van der Waals surface area contributed by atoms with Gasteiger partial charge in [0.2, 0.25) is 5.91 Å². The van der Waals surface area contributed by atoms with Crippen LogP contribution < -0.4 is 5.32 Å². The molecule has 2 heteroatoms. The van der Waals surface area contributed by atoms with E-state index >= 15 is 0 Å². The van der Waals surface area contributed by atoms with Gasteiger partial charge in [-0.3, -0.25) is 4.79 Å². The van der Waals surface area contributed by atoms with Gasteiger partial charge in [-0.2, -0.15) is 0 Å². The van der Waals surface area contributed by atoms with Crippen molar-refractivity contribution < 1.29 is 4.79 Å². The van der Waals surface area contributed by atoms with Crippen LogP contribution in [0.15, 0.2) is 48.5 Å². The summed E-state index contributed by atoms with van der Waals surface area (Å²) in [6, 6.07) is 16.4. The highest BCUT2D eigenvalue weighted by atomic mass is 16.1. The first kappa shape index (κ1) is 13.3. The lowest BCUT2D eigenvalue weighted by atomic mass is 9.97. The van der Waals surface area contributed by atoms with Gasteiger partial charge in [0.05, 0.1) is 0 Å². The van der Waals surface area contributed by atoms with Gasteiger partial charge in [0.15, 0.2) is 0 Å².